The lowest BCUT2D eigenvalue weighted by Gasteiger charge is -2.28. The molecule has 0 atom stereocenters. The number of sulfonamides is 1. The highest BCUT2D eigenvalue weighted by Gasteiger charge is 2.37. The van der Waals surface area contributed by atoms with Crippen LogP contribution in [0.2, 0.25) is 0 Å². The normalized spacial score (nSPS) is 15.8. The van der Waals surface area contributed by atoms with Crippen molar-refractivity contribution in [3.63, 3.8) is 0 Å². The Labute approximate surface area is 137 Å². The first kappa shape index (κ1) is 15.8. The van der Waals surface area contributed by atoms with Crippen molar-refractivity contribution in [2.45, 2.75) is 4.90 Å². The Morgan fingerprint density at radius 3 is 2.58 bits per heavy atom. The molecule has 0 saturated heterocycles. The maximum atomic E-state index is 12.5. The van der Waals surface area contributed by atoms with Crippen LogP contribution < -0.4 is 10.9 Å². The molecule has 0 aliphatic carbocycles. The monoisotopic (exact) mass is 347 g/mol. The summed E-state index contributed by atoms with van der Waals surface area (Å²) in [4.78, 5) is 26.0. The van der Waals surface area contributed by atoms with Gasteiger partial charge < -0.3 is 15.4 Å². The number of carbonyl (C=O) groups excluding carboxylic acids is 1. The molecule has 0 spiro atoms. The number of fused-ring (bicyclic) bond motifs is 1. The lowest BCUT2D eigenvalue weighted by molar-refractivity contribution is -0.113. The first-order chi connectivity index (χ1) is 11.3. The van der Waals surface area contributed by atoms with Crippen molar-refractivity contribution in [1.82, 2.24) is 9.29 Å². The number of aromatic nitrogens is 1. The third kappa shape index (κ3) is 2.44. The number of hydrogen-bond acceptors (Lipinski definition) is 5. The number of pyridine rings is 1. The fourth-order valence-electron chi connectivity index (χ4n) is 2.38. The summed E-state index contributed by atoms with van der Waals surface area (Å²) in [5, 5.41) is 12.7. The smallest absolute Gasteiger partial charge is 0.277 e. The number of amides is 1. The third-order valence-electron chi connectivity index (χ3n) is 3.55. The number of H-pyrrole nitrogens is 1. The Hall–Kier alpha value is -3.07. The van der Waals surface area contributed by atoms with Crippen LogP contribution >= 0.6 is 0 Å². The minimum absolute atomic E-state index is 0.0438. The zero-order valence-corrected chi connectivity index (χ0v) is 13.3. The standard InChI is InChI=1S/C15H13N3O5S/c1-18-13(15(21)17-11-7-4-8-12(19)16-11)14(20)9-5-2-3-6-10(9)24(18,22)23/h2-8,20H,1H3,(H2,16,17,19,21). The minimum Gasteiger partial charge on any atom is -0.505 e. The van der Waals surface area contributed by atoms with E-state index in [9.17, 15) is 23.1 Å². The van der Waals surface area contributed by atoms with Crippen LogP contribution in [0.3, 0.4) is 0 Å². The molecule has 1 aromatic heterocycles. The van der Waals surface area contributed by atoms with Crippen LogP contribution in [0.15, 0.2) is 57.9 Å². The zero-order chi connectivity index (χ0) is 17.5. The molecule has 9 heteroatoms. The van der Waals surface area contributed by atoms with Crippen molar-refractivity contribution in [1.29, 1.82) is 0 Å². The summed E-state index contributed by atoms with van der Waals surface area (Å²) in [6.07, 6.45) is 0. The van der Waals surface area contributed by atoms with E-state index in [2.05, 4.69) is 10.3 Å². The van der Waals surface area contributed by atoms with Gasteiger partial charge in [-0.15, -0.1) is 0 Å². The SMILES string of the molecule is CN1C(C(=O)Nc2cccc(=O)[nH]2)=C(O)c2ccccc2S1(=O)=O. The number of benzene rings is 1. The Bertz CT molecular complexity index is 1020. The van der Waals surface area contributed by atoms with Gasteiger partial charge in [0.05, 0.1) is 4.90 Å². The fourth-order valence-corrected chi connectivity index (χ4v) is 3.78. The molecule has 1 aromatic carbocycles. The first-order valence-electron chi connectivity index (χ1n) is 6.84. The van der Waals surface area contributed by atoms with Crippen molar-refractivity contribution in [3.8, 4) is 0 Å². The van der Waals surface area contributed by atoms with Gasteiger partial charge in [0, 0.05) is 18.7 Å². The quantitative estimate of drug-likeness (QED) is 0.745. The number of likely N-dealkylation sites (N-methyl/N-ethyl adjacent to an activating group) is 1. The lowest BCUT2D eigenvalue weighted by atomic mass is 10.1. The zero-order valence-electron chi connectivity index (χ0n) is 12.5. The molecule has 1 aliphatic heterocycles. The van der Waals surface area contributed by atoms with Gasteiger partial charge in [-0.05, 0) is 18.2 Å². The van der Waals surface area contributed by atoms with E-state index in [-0.39, 0.29) is 16.3 Å². The van der Waals surface area contributed by atoms with Gasteiger partial charge in [-0.1, -0.05) is 18.2 Å². The average Bonchev–Trinajstić information content (AvgIpc) is 2.53. The molecule has 0 radical (unpaired) electrons. The predicted molar refractivity (Wildman–Crippen MR) is 86.6 cm³/mol. The average molecular weight is 347 g/mol. The van der Waals surface area contributed by atoms with E-state index < -0.39 is 32.9 Å². The Morgan fingerprint density at radius 1 is 1.17 bits per heavy atom. The van der Waals surface area contributed by atoms with Crippen molar-refractivity contribution in [2.24, 2.45) is 0 Å². The largest absolute Gasteiger partial charge is 0.505 e. The third-order valence-corrected chi connectivity index (χ3v) is 5.37. The van der Waals surface area contributed by atoms with Gasteiger partial charge in [-0.2, -0.15) is 0 Å². The van der Waals surface area contributed by atoms with Gasteiger partial charge in [0.1, 0.15) is 5.82 Å². The summed E-state index contributed by atoms with van der Waals surface area (Å²) in [6.45, 7) is 0. The topological polar surface area (TPSA) is 120 Å². The molecule has 124 valence electrons. The molecule has 24 heavy (non-hydrogen) atoms. The maximum Gasteiger partial charge on any atom is 0.277 e. The molecule has 0 saturated carbocycles. The number of rotatable bonds is 2. The molecule has 2 heterocycles. The maximum absolute atomic E-state index is 12.5. The number of hydrogen-bond donors (Lipinski definition) is 3. The molecule has 1 amide bonds. The molecule has 0 unspecified atom stereocenters. The molecule has 3 N–H and O–H groups in total. The van der Waals surface area contributed by atoms with E-state index in [0.717, 1.165) is 0 Å². The summed E-state index contributed by atoms with van der Waals surface area (Å²) in [5.41, 5.74) is -0.818. The Morgan fingerprint density at radius 2 is 1.88 bits per heavy atom. The number of nitrogens with zero attached hydrogens (tertiary/aromatic N) is 1. The van der Waals surface area contributed by atoms with Crippen LogP contribution in [0.25, 0.3) is 5.76 Å². The van der Waals surface area contributed by atoms with E-state index in [0.29, 0.717) is 4.31 Å². The lowest BCUT2D eigenvalue weighted by Crippen LogP contribution is -2.37. The van der Waals surface area contributed by atoms with Crippen LogP contribution in [0.1, 0.15) is 5.56 Å². The van der Waals surface area contributed by atoms with Crippen LogP contribution in [-0.2, 0) is 14.8 Å². The first-order valence-corrected chi connectivity index (χ1v) is 8.28. The second-order valence-corrected chi connectivity index (χ2v) is 6.99. The highest BCUT2D eigenvalue weighted by molar-refractivity contribution is 7.89. The van der Waals surface area contributed by atoms with Crippen LogP contribution in [0.4, 0.5) is 5.82 Å². The van der Waals surface area contributed by atoms with Crippen LogP contribution in [0.5, 0.6) is 0 Å². The summed E-state index contributed by atoms with van der Waals surface area (Å²) in [5.74, 6) is -1.24. The van der Waals surface area contributed by atoms with Crippen molar-refractivity contribution in [2.75, 3.05) is 12.4 Å². The van der Waals surface area contributed by atoms with Gasteiger partial charge >= 0.3 is 0 Å². The molecular formula is C15H13N3O5S. The van der Waals surface area contributed by atoms with Gasteiger partial charge in [0.15, 0.2) is 11.5 Å². The highest BCUT2D eigenvalue weighted by atomic mass is 32.2. The van der Waals surface area contributed by atoms with E-state index >= 15 is 0 Å². The summed E-state index contributed by atoms with van der Waals surface area (Å²) in [7, 11) is -2.79. The molecule has 3 rings (SSSR count). The van der Waals surface area contributed by atoms with Crippen LogP contribution in [0, 0.1) is 0 Å². The fraction of sp³-hybridized carbons (Fsp3) is 0.0667. The molecule has 0 fully saturated rings. The van der Waals surface area contributed by atoms with E-state index in [1.807, 2.05) is 0 Å². The highest BCUT2D eigenvalue weighted by Crippen LogP contribution is 2.34. The molecular weight excluding hydrogens is 334 g/mol. The molecule has 0 bridgehead atoms. The summed E-state index contributed by atoms with van der Waals surface area (Å²) in [6, 6.07) is 9.96. The van der Waals surface area contributed by atoms with Crippen LogP contribution in [-0.4, -0.2) is 35.8 Å². The van der Waals surface area contributed by atoms with Crippen molar-refractivity contribution >= 4 is 27.5 Å². The predicted octanol–water partition coefficient (Wildman–Crippen LogP) is 0.874. The number of carbonyl (C=O) groups is 1. The van der Waals surface area contributed by atoms with Crippen molar-refractivity contribution in [3.05, 3.63) is 64.1 Å². The molecule has 2 aromatic rings. The number of nitrogens with one attached hydrogen (secondary N) is 2. The molecule has 1 aliphatic rings. The number of aliphatic hydroxyl groups is 1. The summed E-state index contributed by atoms with van der Waals surface area (Å²) < 4.78 is 25.7. The number of aliphatic hydroxyl groups excluding tert-OH is 1. The number of aromatic amines is 1. The minimum atomic E-state index is -3.97. The second kappa shape index (κ2) is 5.53. The van der Waals surface area contributed by atoms with E-state index in [1.54, 1.807) is 6.07 Å². The van der Waals surface area contributed by atoms with Gasteiger partial charge in [0.2, 0.25) is 5.56 Å². The number of anilines is 1. The summed E-state index contributed by atoms with van der Waals surface area (Å²) >= 11 is 0. The van der Waals surface area contributed by atoms with Gasteiger partial charge in [-0.3, -0.25) is 13.9 Å². The van der Waals surface area contributed by atoms with E-state index in [4.69, 9.17) is 0 Å². The second-order valence-electron chi connectivity index (χ2n) is 5.05. The Kier molecular flexibility index (Phi) is 3.64. The van der Waals surface area contributed by atoms with E-state index in [1.165, 1.54) is 43.4 Å². The van der Waals surface area contributed by atoms with Gasteiger partial charge in [-0.25, -0.2) is 8.42 Å². The molecule has 8 nitrogen and oxygen atoms in total. The van der Waals surface area contributed by atoms with Crippen molar-refractivity contribution < 1.29 is 18.3 Å². The van der Waals surface area contributed by atoms with Gasteiger partial charge in [0.25, 0.3) is 15.9 Å². The Balaban J connectivity index is 2.09.